The van der Waals surface area contributed by atoms with Crippen LogP contribution in [0.25, 0.3) is 0 Å². The summed E-state index contributed by atoms with van der Waals surface area (Å²) in [6, 6.07) is 0. The van der Waals surface area contributed by atoms with Gasteiger partial charge in [-0.3, -0.25) is 10.1 Å². The zero-order valence-electron chi connectivity index (χ0n) is 9.34. The SMILES string of the molecule is CCc1nc(NC(=O)/C=C/C(=O)O)sc1C(=O)O. The van der Waals surface area contributed by atoms with Crippen LogP contribution in [0.4, 0.5) is 5.13 Å². The van der Waals surface area contributed by atoms with E-state index in [1.54, 1.807) is 6.92 Å². The maximum atomic E-state index is 11.3. The van der Waals surface area contributed by atoms with Crippen LogP contribution in [0.2, 0.25) is 0 Å². The molecule has 7 nitrogen and oxygen atoms in total. The molecule has 1 aromatic rings. The first kappa shape index (κ1) is 13.8. The van der Waals surface area contributed by atoms with Gasteiger partial charge in [-0.05, 0) is 6.42 Å². The number of aliphatic carboxylic acids is 1. The Kier molecular flexibility index (Phi) is 4.55. The van der Waals surface area contributed by atoms with Crippen LogP contribution < -0.4 is 5.32 Å². The summed E-state index contributed by atoms with van der Waals surface area (Å²) in [6.45, 7) is 1.75. The van der Waals surface area contributed by atoms with Crippen LogP contribution in [0.15, 0.2) is 12.2 Å². The summed E-state index contributed by atoms with van der Waals surface area (Å²) in [6.07, 6.45) is 1.94. The molecular weight excluding hydrogens is 260 g/mol. The Morgan fingerprint density at radius 3 is 2.44 bits per heavy atom. The number of carboxylic acids is 2. The van der Waals surface area contributed by atoms with Crippen LogP contribution in [0.5, 0.6) is 0 Å². The van der Waals surface area contributed by atoms with Crippen molar-refractivity contribution in [1.82, 2.24) is 4.98 Å². The van der Waals surface area contributed by atoms with Crippen LogP contribution in [-0.4, -0.2) is 33.0 Å². The molecule has 1 heterocycles. The second-order valence-electron chi connectivity index (χ2n) is 3.11. The molecule has 0 aliphatic carbocycles. The number of aryl methyl sites for hydroxylation is 1. The Bertz CT molecular complexity index is 520. The lowest BCUT2D eigenvalue weighted by atomic mass is 10.3. The quantitative estimate of drug-likeness (QED) is 0.687. The van der Waals surface area contributed by atoms with E-state index >= 15 is 0 Å². The van der Waals surface area contributed by atoms with Gasteiger partial charge < -0.3 is 10.2 Å². The van der Waals surface area contributed by atoms with Crippen molar-refractivity contribution in [3.63, 3.8) is 0 Å². The summed E-state index contributed by atoms with van der Waals surface area (Å²) in [5.41, 5.74) is 0.380. The number of carbonyl (C=O) groups is 3. The molecule has 1 aromatic heterocycles. The highest BCUT2D eigenvalue weighted by Gasteiger charge is 2.16. The zero-order chi connectivity index (χ0) is 13.7. The largest absolute Gasteiger partial charge is 0.478 e. The van der Waals surface area contributed by atoms with Gasteiger partial charge in [-0.15, -0.1) is 0 Å². The first-order valence-corrected chi connectivity index (χ1v) is 5.70. The predicted molar refractivity (Wildman–Crippen MR) is 63.9 cm³/mol. The Labute approximate surface area is 106 Å². The fourth-order valence-corrected chi connectivity index (χ4v) is 2.00. The summed E-state index contributed by atoms with van der Waals surface area (Å²) in [4.78, 5) is 36.3. The van der Waals surface area contributed by atoms with Gasteiger partial charge >= 0.3 is 11.9 Å². The Morgan fingerprint density at radius 2 is 2.00 bits per heavy atom. The molecule has 3 N–H and O–H groups in total. The monoisotopic (exact) mass is 270 g/mol. The number of hydrogen-bond donors (Lipinski definition) is 3. The van der Waals surface area contributed by atoms with Crippen molar-refractivity contribution < 1.29 is 24.6 Å². The van der Waals surface area contributed by atoms with Crippen molar-refractivity contribution in [2.75, 3.05) is 5.32 Å². The molecule has 96 valence electrons. The average Bonchev–Trinajstić information content (AvgIpc) is 2.69. The molecule has 0 atom stereocenters. The molecule has 0 fully saturated rings. The van der Waals surface area contributed by atoms with Gasteiger partial charge in [-0.1, -0.05) is 18.3 Å². The van der Waals surface area contributed by atoms with Crippen molar-refractivity contribution in [1.29, 1.82) is 0 Å². The van der Waals surface area contributed by atoms with Gasteiger partial charge in [0.25, 0.3) is 0 Å². The summed E-state index contributed by atoms with van der Waals surface area (Å²) in [7, 11) is 0. The van der Waals surface area contributed by atoms with E-state index in [0.29, 0.717) is 18.2 Å². The number of nitrogens with zero attached hydrogens (tertiary/aromatic N) is 1. The van der Waals surface area contributed by atoms with Crippen LogP contribution in [0.1, 0.15) is 22.3 Å². The van der Waals surface area contributed by atoms with E-state index in [1.165, 1.54) is 0 Å². The van der Waals surface area contributed by atoms with Gasteiger partial charge in [0.2, 0.25) is 5.91 Å². The molecule has 0 aliphatic rings. The highest BCUT2D eigenvalue weighted by Crippen LogP contribution is 2.23. The second kappa shape index (κ2) is 5.92. The lowest BCUT2D eigenvalue weighted by Crippen LogP contribution is -2.08. The number of thiazole rings is 1. The summed E-state index contributed by atoms with van der Waals surface area (Å²) >= 11 is 0.831. The molecule has 0 aromatic carbocycles. The minimum Gasteiger partial charge on any atom is -0.478 e. The van der Waals surface area contributed by atoms with Crippen LogP contribution in [-0.2, 0) is 16.0 Å². The first-order valence-electron chi connectivity index (χ1n) is 4.89. The van der Waals surface area contributed by atoms with Gasteiger partial charge in [-0.2, -0.15) is 0 Å². The standard InChI is InChI=1S/C10H10N2O5S/c1-2-5-8(9(16)17)18-10(11-5)12-6(13)3-4-7(14)15/h3-4H,2H2,1H3,(H,14,15)(H,16,17)(H,11,12,13)/b4-3+. The van der Waals surface area contributed by atoms with Crippen molar-refractivity contribution >= 4 is 34.3 Å². The normalized spacial score (nSPS) is 10.5. The van der Waals surface area contributed by atoms with Crippen molar-refractivity contribution in [3.05, 3.63) is 22.7 Å². The third kappa shape index (κ3) is 3.67. The third-order valence-corrected chi connectivity index (χ3v) is 2.83. The summed E-state index contributed by atoms with van der Waals surface area (Å²) in [5.74, 6) is -3.03. The van der Waals surface area contributed by atoms with E-state index in [2.05, 4.69) is 10.3 Å². The van der Waals surface area contributed by atoms with E-state index in [9.17, 15) is 14.4 Å². The van der Waals surface area contributed by atoms with Gasteiger partial charge in [-0.25, -0.2) is 14.6 Å². The van der Waals surface area contributed by atoms with E-state index in [-0.39, 0.29) is 10.0 Å². The van der Waals surface area contributed by atoms with Crippen molar-refractivity contribution in [3.8, 4) is 0 Å². The first-order chi connectivity index (χ1) is 8.43. The van der Waals surface area contributed by atoms with Gasteiger partial charge in [0.1, 0.15) is 4.88 Å². The molecule has 0 bridgehead atoms. The average molecular weight is 270 g/mol. The van der Waals surface area contributed by atoms with Gasteiger partial charge in [0, 0.05) is 12.2 Å². The highest BCUT2D eigenvalue weighted by molar-refractivity contribution is 7.17. The van der Waals surface area contributed by atoms with E-state index in [1.807, 2.05) is 0 Å². The molecule has 0 spiro atoms. The maximum Gasteiger partial charge on any atom is 0.347 e. The maximum absolute atomic E-state index is 11.3. The number of rotatable bonds is 5. The number of aromatic carboxylic acids is 1. The number of carboxylic acid groups (broad SMARTS) is 2. The van der Waals surface area contributed by atoms with Crippen LogP contribution in [0.3, 0.4) is 0 Å². The van der Waals surface area contributed by atoms with Crippen molar-refractivity contribution in [2.45, 2.75) is 13.3 Å². The summed E-state index contributed by atoms with van der Waals surface area (Å²) < 4.78 is 0. The van der Waals surface area contributed by atoms with Gasteiger partial charge in [0.15, 0.2) is 5.13 Å². The predicted octanol–water partition coefficient (Wildman–Crippen LogP) is 0.983. The van der Waals surface area contributed by atoms with E-state index in [4.69, 9.17) is 10.2 Å². The lowest BCUT2D eigenvalue weighted by Gasteiger charge is -1.94. The minimum atomic E-state index is -1.25. The second-order valence-corrected chi connectivity index (χ2v) is 4.11. The number of carbonyl (C=O) groups excluding carboxylic acids is 1. The molecule has 0 radical (unpaired) electrons. The van der Waals surface area contributed by atoms with Gasteiger partial charge in [0.05, 0.1) is 5.69 Å². The molecule has 18 heavy (non-hydrogen) atoms. The molecule has 1 rings (SSSR count). The van der Waals surface area contributed by atoms with E-state index < -0.39 is 17.8 Å². The number of aromatic nitrogens is 1. The minimum absolute atomic E-state index is 0.0648. The molecule has 0 aliphatic heterocycles. The van der Waals surface area contributed by atoms with Crippen molar-refractivity contribution in [2.24, 2.45) is 0 Å². The molecule has 8 heteroatoms. The fraction of sp³-hybridized carbons (Fsp3) is 0.200. The Morgan fingerprint density at radius 1 is 1.33 bits per heavy atom. The molecule has 0 saturated carbocycles. The number of hydrogen-bond acceptors (Lipinski definition) is 5. The Hall–Kier alpha value is -2.22. The fourth-order valence-electron chi connectivity index (χ4n) is 1.11. The molecule has 0 saturated heterocycles. The Balaban J connectivity index is 2.83. The van der Waals surface area contributed by atoms with E-state index in [0.717, 1.165) is 17.4 Å². The highest BCUT2D eigenvalue weighted by atomic mass is 32.1. The van der Waals surface area contributed by atoms with Crippen LogP contribution >= 0.6 is 11.3 Å². The smallest absolute Gasteiger partial charge is 0.347 e. The number of nitrogens with one attached hydrogen (secondary N) is 1. The number of amides is 1. The van der Waals surface area contributed by atoms with Crippen LogP contribution in [0, 0.1) is 0 Å². The third-order valence-electron chi connectivity index (χ3n) is 1.83. The number of anilines is 1. The topological polar surface area (TPSA) is 117 Å². The molecule has 0 unspecified atom stereocenters. The lowest BCUT2D eigenvalue weighted by molar-refractivity contribution is -0.131. The summed E-state index contributed by atoms with van der Waals surface area (Å²) in [5, 5.41) is 19.6. The zero-order valence-corrected chi connectivity index (χ0v) is 10.2. The molecular formula is C10H10N2O5S. The molecule has 1 amide bonds.